The van der Waals surface area contributed by atoms with Crippen LogP contribution in [-0.2, 0) is 6.54 Å². The summed E-state index contributed by atoms with van der Waals surface area (Å²) in [7, 11) is 0. The van der Waals surface area contributed by atoms with E-state index in [4.69, 9.17) is 4.98 Å². The summed E-state index contributed by atoms with van der Waals surface area (Å²) < 4.78 is 0. The van der Waals surface area contributed by atoms with E-state index in [1.54, 1.807) is 0 Å². The van der Waals surface area contributed by atoms with E-state index in [2.05, 4.69) is 56.5 Å². The third kappa shape index (κ3) is 2.77. The lowest BCUT2D eigenvalue weighted by Gasteiger charge is -2.35. The number of nitrogens with zero attached hydrogens (tertiary/aromatic N) is 4. The van der Waals surface area contributed by atoms with Gasteiger partial charge in [-0.3, -0.25) is 9.88 Å². The number of nitrogens with one attached hydrogen (secondary N) is 2. The van der Waals surface area contributed by atoms with Crippen molar-refractivity contribution in [3.8, 4) is 0 Å². The van der Waals surface area contributed by atoms with Crippen molar-refractivity contribution in [1.29, 1.82) is 0 Å². The van der Waals surface area contributed by atoms with Gasteiger partial charge in [-0.1, -0.05) is 18.2 Å². The molecule has 3 aromatic rings. The van der Waals surface area contributed by atoms with E-state index < -0.39 is 0 Å². The van der Waals surface area contributed by atoms with Crippen molar-refractivity contribution in [1.82, 2.24) is 30.3 Å². The van der Waals surface area contributed by atoms with Crippen LogP contribution in [-0.4, -0.2) is 44.5 Å². The Morgan fingerprint density at radius 2 is 2.08 bits per heavy atom. The van der Waals surface area contributed by atoms with Crippen molar-refractivity contribution < 1.29 is 0 Å². The quantitative estimate of drug-likeness (QED) is 0.763. The molecule has 2 aliphatic heterocycles. The number of para-hydroxylation sites is 2. The van der Waals surface area contributed by atoms with Crippen LogP contribution in [0.15, 0.2) is 54.4 Å². The van der Waals surface area contributed by atoms with Crippen LogP contribution in [0, 0.1) is 6.92 Å². The maximum atomic E-state index is 4.71. The summed E-state index contributed by atoms with van der Waals surface area (Å²) in [6.07, 6.45) is 4.17. The van der Waals surface area contributed by atoms with Crippen LogP contribution < -0.4 is 5.43 Å². The Kier molecular flexibility index (Phi) is 3.72. The fourth-order valence-electron chi connectivity index (χ4n) is 3.86. The SMILES string of the molecule is Cc1cccnc1C1C=C2CN(Cc3nc4ccccc4[nH]3)CCN2N1. The zero-order valence-corrected chi connectivity index (χ0v) is 14.8. The number of rotatable bonds is 3. The van der Waals surface area contributed by atoms with Gasteiger partial charge in [-0.15, -0.1) is 0 Å². The number of hydrogen-bond donors (Lipinski definition) is 2. The molecule has 1 aromatic carbocycles. The summed E-state index contributed by atoms with van der Waals surface area (Å²) in [6.45, 7) is 5.86. The predicted molar refractivity (Wildman–Crippen MR) is 101 cm³/mol. The molecular formula is C20H22N6. The molecule has 6 heteroatoms. The third-order valence-corrected chi connectivity index (χ3v) is 5.18. The summed E-state index contributed by atoms with van der Waals surface area (Å²) in [5.74, 6) is 1.03. The van der Waals surface area contributed by atoms with Crippen molar-refractivity contribution in [3.05, 3.63) is 71.4 Å². The van der Waals surface area contributed by atoms with Gasteiger partial charge in [0.25, 0.3) is 0 Å². The first-order valence-corrected chi connectivity index (χ1v) is 9.08. The lowest BCUT2D eigenvalue weighted by atomic mass is 10.1. The van der Waals surface area contributed by atoms with Gasteiger partial charge in [0.05, 0.1) is 29.3 Å². The van der Waals surface area contributed by atoms with Gasteiger partial charge >= 0.3 is 0 Å². The molecule has 0 aliphatic carbocycles. The van der Waals surface area contributed by atoms with E-state index in [-0.39, 0.29) is 6.04 Å². The minimum Gasteiger partial charge on any atom is -0.341 e. The second-order valence-electron chi connectivity index (χ2n) is 7.03. The minimum absolute atomic E-state index is 0.164. The molecule has 0 spiro atoms. The van der Waals surface area contributed by atoms with E-state index in [0.717, 1.165) is 48.7 Å². The summed E-state index contributed by atoms with van der Waals surface area (Å²) in [6, 6.07) is 12.5. The zero-order valence-electron chi connectivity index (χ0n) is 14.8. The van der Waals surface area contributed by atoms with Crippen LogP contribution in [0.1, 0.15) is 23.1 Å². The van der Waals surface area contributed by atoms with E-state index >= 15 is 0 Å². The molecule has 5 rings (SSSR count). The largest absolute Gasteiger partial charge is 0.341 e. The van der Waals surface area contributed by atoms with Crippen molar-refractivity contribution >= 4 is 11.0 Å². The molecule has 0 amide bonds. The highest BCUT2D eigenvalue weighted by Crippen LogP contribution is 2.27. The van der Waals surface area contributed by atoms with Crippen LogP contribution >= 0.6 is 0 Å². The summed E-state index contributed by atoms with van der Waals surface area (Å²) in [4.78, 5) is 15.2. The van der Waals surface area contributed by atoms with Gasteiger partial charge in [0.15, 0.2) is 0 Å². The second-order valence-corrected chi connectivity index (χ2v) is 7.03. The molecule has 1 fully saturated rings. The number of hydrogen-bond acceptors (Lipinski definition) is 5. The Labute approximate surface area is 152 Å². The number of aryl methyl sites for hydroxylation is 1. The molecule has 0 saturated carbocycles. The Balaban J connectivity index is 1.32. The highest BCUT2D eigenvalue weighted by Gasteiger charge is 2.30. The summed E-state index contributed by atoms with van der Waals surface area (Å²) >= 11 is 0. The third-order valence-electron chi connectivity index (χ3n) is 5.18. The molecule has 6 nitrogen and oxygen atoms in total. The Bertz CT molecular complexity index is 942. The lowest BCUT2D eigenvalue weighted by molar-refractivity contribution is 0.137. The fraction of sp³-hybridized carbons (Fsp3) is 0.300. The smallest absolute Gasteiger partial charge is 0.121 e. The van der Waals surface area contributed by atoms with E-state index in [1.165, 1.54) is 11.3 Å². The molecule has 26 heavy (non-hydrogen) atoms. The van der Waals surface area contributed by atoms with Gasteiger partial charge < -0.3 is 9.99 Å². The number of fused-ring (bicyclic) bond motifs is 2. The van der Waals surface area contributed by atoms with Gasteiger partial charge in [0, 0.05) is 31.5 Å². The van der Waals surface area contributed by atoms with E-state index in [0.29, 0.717) is 0 Å². The summed E-state index contributed by atoms with van der Waals surface area (Å²) in [5.41, 5.74) is 9.38. The first kappa shape index (κ1) is 15.5. The van der Waals surface area contributed by atoms with Crippen LogP contribution in [0.25, 0.3) is 11.0 Å². The number of aromatic nitrogens is 3. The van der Waals surface area contributed by atoms with Gasteiger partial charge in [-0.25, -0.2) is 10.4 Å². The number of piperazine rings is 1. The van der Waals surface area contributed by atoms with E-state index in [1.807, 2.05) is 24.4 Å². The number of imidazole rings is 1. The van der Waals surface area contributed by atoms with Crippen molar-refractivity contribution in [2.75, 3.05) is 19.6 Å². The number of benzene rings is 1. The Morgan fingerprint density at radius 3 is 2.96 bits per heavy atom. The molecule has 132 valence electrons. The number of aromatic amines is 1. The Hall–Kier alpha value is -2.70. The monoisotopic (exact) mass is 346 g/mol. The minimum atomic E-state index is 0.164. The predicted octanol–water partition coefficient (Wildman–Crippen LogP) is 2.53. The average Bonchev–Trinajstić information content (AvgIpc) is 3.24. The fourth-order valence-corrected chi connectivity index (χ4v) is 3.86. The molecule has 2 aromatic heterocycles. The topological polar surface area (TPSA) is 60.1 Å². The van der Waals surface area contributed by atoms with Crippen molar-refractivity contribution in [3.63, 3.8) is 0 Å². The molecule has 1 atom stereocenters. The summed E-state index contributed by atoms with van der Waals surface area (Å²) in [5, 5.41) is 2.27. The van der Waals surface area contributed by atoms with Gasteiger partial charge in [0.1, 0.15) is 5.82 Å². The van der Waals surface area contributed by atoms with Crippen molar-refractivity contribution in [2.45, 2.75) is 19.5 Å². The molecule has 1 unspecified atom stereocenters. The number of hydrazine groups is 1. The molecule has 1 saturated heterocycles. The second kappa shape index (κ2) is 6.23. The maximum absolute atomic E-state index is 4.71. The highest BCUT2D eigenvalue weighted by atomic mass is 15.6. The number of pyridine rings is 1. The molecule has 4 heterocycles. The average molecular weight is 346 g/mol. The molecule has 0 radical (unpaired) electrons. The molecular weight excluding hydrogens is 324 g/mol. The van der Waals surface area contributed by atoms with E-state index in [9.17, 15) is 0 Å². The first-order chi connectivity index (χ1) is 12.8. The number of H-pyrrole nitrogens is 1. The lowest BCUT2D eigenvalue weighted by Crippen LogP contribution is -2.47. The van der Waals surface area contributed by atoms with Gasteiger partial charge in [0.2, 0.25) is 0 Å². The van der Waals surface area contributed by atoms with Gasteiger partial charge in [-0.2, -0.15) is 0 Å². The normalized spacial score (nSPS) is 20.4. The molecule has 0 bridgehead atoms. The molecule has 2 aliphatic rings. The zero-order chi connectivity index (χ0) is 17.5. The standard InChI is InChI=1S/C20H22N6/c1-14-5-4-8-21-20(14)18-11-15-12-25(9-10-26(15)24-18)13-19-22-16-6-2-3-7-17(16)23-19/h2-8,11,18,24H,9-10,12-13H2,1H3,(H,22,23). The first-order valence-electron chi connectivity index (χ1n) is 9.08. The van der Waals surface area contributed by atoms with Crippen LogP contribution in [0.5, 0.6) is 0 Å². The van der Waals surface area contributed by atoms with Crippen LogP contribution in [0.3, 0.4) is 0 Å². The molecule has 2 N–H and O–H groups in total. The van der Waals surface area contributed by atoms with Gasteiger partial charge in [-0.05, 0) is 36.8 Å². The van der Waals surface area contributed by atoms with Crippen molar-refractivity contribution in [2.24, 2.45) is 0 Å². The maximum Gasteiger partial charge on any atom is 0.121 e. The van der Waals surface area contributed by atoms with Crippen LogP contribution in [0.2, 0.25) is 0 Å². The van der Waals surface area contributed by atoms with Crippen LogP contribution in [0.4, 0.5) is 0 Å². The Morgan fingerprint density at radius 1 is 1.15 bits per heavy atom. The highest BCUT2D eigenvalue weighted by molar-refractivity contribution is 5.74.